The van der Waals surface area contributed by atoms with Gasteiger partial charge in [-0.2, -0.15) is 10.1 Å². The molecule has 7 heteroatoms. The molecule has 4 rings (SSSR count). The van der Waals surface area contributed by atoms with Gasteiger partial charge in [0.1, 0.15) is 0 Å². The van der Waals surface area contributed by atoms with Crippen LogP contribution in [0, 0.1) is 0 Å². The van der Waals surface area contributed by atoms with Gasteiger partial charge in [0.15, 0.2) is 6.29 Å². The van der Waals surface area contributed by atoms with E-state index in [-0.39, 0.29) is 12.2 Å². The van der Waals surface area contributed by atoms with Crippen LogP contribution in [0.2, 0.25) is 0 Å². The number of anilines is 1. The van der Waals surface area contributed by atoms with Gasteiger partial charge in [-0.25, -0.2) is 0 Å². The van der Waals surface area contributed by atoms with Crippen LogP contribution in [0.15, 0.2) is 71.5 Å². The normalized spacial score (nSPS) is 15.6. The number of hydrogen-bond donors (Lipinski definition) is 0. The van der Waals surface area contributed by atoms with Crippen LogP contribution in [-0.2, 0) is 20.9 Å². The zero-order valence-electron chi connectivity index (χ0n) is 18.9. The van der Waals surface area contributed by atoms with Crippen molar-refractivity contribution in [3.8, 4) is 0 Å². The van der Waals surface area contributed by atoms with Gasteiger partial charge in [0.05, 0.1) is 30.2 Å². The fourth-order valence-electron chi connectivity index (χ4n) is 3.91. The number of ether oxygens (including phenoxy) is 2. The lowest BCUT2D eigenvalue weighted by Crippen LogP contribution is -2.32. The van der Waals surface area contributed by atoms with Crippen LogP contribution in [0.25, 0.3) is 17.0 Å². The fourth-order valence-corrected chi connectivity index (χ4v) is 3.91. The third-order valence-corrected chi connectivity index (χ3v) is 5.56. The lowest BCUT2D eigenvalue weighted by Gasteiger charge is -2.22. The van der Waals surface area contributed by atoms with Crippen LogP contribution in [0.5, 0.6) is 0 Å². The number of hydrogen-bond acceptors (Lipinski definition) is 5. The van der Waals surface area contributed by atoms with E-state index in [9.17, 15) is 4.79 Å². The maximum Gasteiger partial charge on any atom is 0.280 e. The molecule has 166 valence electrons. The molecule has 0 fully saturated rings. The van der Waals surface area contributed by atoms with E-state index in [1.54, 1.807) is 14.2 Å². The first-order valence-corrected chi connectivity index (χ1v) is 10.5. The number of likely N-dealkylation sites (N-methyl/N-ethyl adjacent to an activating group) is 1. The van der Waals surface area contributed by atoms with Crippen LogP contribution < -0.4 is 5.01 Å². The highest BCUT2D eigenvalue weighted by Crippen LogP contribution is 2.28. The number of fused-ring (bicyclic) bond motifs is 1. The predicted octanol–water partition coefficient (Wildman–Crippen LogP) is 3.96. The lowest BCUT2D eigenvalue weighted by molar-refractivity contribution is -0.116. The van der Waals surface area contributed by atoms with E-state index in [4.69, 9.17) is 9.47 Å². The molecule has 7 nitrogen and oxygen atoms in total. The van der Waals surface area contributed by atoms with Gasteiger partial charge < -0.3 is 14.0 Å². The Balaban J connectivity index is 1.65. The monoisotopic (exact) mass is 432 g/mol. The number of hydrazone groups is 1. The average molecular weight is 433 g/mol. The van der Waals surface area contributed by atoms with E-state index >= 15 is 0 Å². The van der Waals surface area contributed by atoms with E-state index < -0.39 is 0 Å². The number of carbonyl (C=O) groups is 1. The zero-order chi connectivity index (χ0) is 22.7. The molecule has 1 aliphatic rings. The molecule has 0 unspecified atom stereocenters. The number of carbonyl (C=O) groups excluding carboxylic acids is 1. The van der Waals surface area contributed by atoms with Crippen molar-refractivity contribution < 1.29 is 14.3 Å². The molecule has 1 aromatic heterocycles. The van der Waals surface area contributed by atoms with Crippen LogP contribution in [-0.4, -0.2) is 55.2 Å². The number of nitrogens with zero attached hydrogens (tertiary/aromatic N) is 4. The van der Waals surface area contributed by atoms with Crippen molar-refractivity contribution in [2.45, 2.75) is 19.9 Å². The summed E-state index contributed by atoms with van der Waals surface area (Å²) in [5.74, 6) is -0.120. The first-order chi connectivity index (χ1) is 15.5. The number of benzene rings is 2. The van der Waals surface area contributed by atoms with Crippen molar-refractivity contribution in [3.05, 3.63) is 71.9 Å². The number of methoxy groups -OCH3 is 2. The quantitative estimate of drug-likeness (QED) is 0.399. The maximum absolute atomic E-state index is 13.1. The van der Waals surface area contributed by atoms with Crippen molar-refractivity contribution in [2.24, 2.45) is 5.10 Å². The average Bonchev–Trinajstić information content (AvgIpc) is 3.30. The molecule has 0 bridgehead atoms. The second-order valence-corrected chi connectivity index (χ2v) is 7.85. The molecular weight excluding hydrogens is 404 g/mol. The molecule has 0 spiro atoms. The minimum Gasteiger partial charge on any atom is -0.355 e. The summed E-state index contributed by atoms with van der Waals surface area (Å²) in [6.07, 6.45) is 3.73. The predicted molar refractivity (Wildman–Crippen MR) is 127 cm³/mol. The Labute approximate surface area is 188 Å². The maximum atomic E-state index is 13.1. The number of rotatable bonds is 8. The first-order valence-electron chi connectivity index (χ1n) is 10.5. The molecule has 0 saturated carbocycles. The second kappa shape index (κ2) is 9.48. The van der Waals surface area contributed by atoms with E-state index in [0.29, 0.717) is 24.5 Å². The van der Waals surface area contributed by atoms with Gasteiger partial charge in [0, 0.05) is 36.9 Å². The Kier molecular flexibility index (Phi) is 6.50. The standard InChI is InChI=1S/C25H28N4O3/c1-18-22(25(30)29(26-18)20-10-6-5-7-11-20)14-19-15-28(23-13-9-8-12-21(19)23)17-27(2)16-24(31-3)32-4/h5-15,24H,16-17H2,1-4H3. The Morgan fingerprint density at radius 3 is 2.47 bits per heavy atom. The van der Waals surface area contributed by atoms with E-state index in [0.717, 1.165) is 22.2 Å². The number of aromatic nitrogens is 1. The van der Waals surface area contributed by atoms with Gasteiger partial charge in [-0.3, -0.25) is 9.69 Å². The minimum atomic E-state index is -0.289. The number of para-hydroxylation sites is 2. The molecule has 32 heavy (non-hydrogen) atoms. The summed E-state index contributed by atoms with van der Waals surface area (Å²) in [5.41, 5.74) is 4.14. The van der Waals surface area contributed by atoms with Gasteiger partial charge in [-0.15, -0.1) is 0 Å². The minimum absolute atomic E-state index is 0.120. The summed E-state index contributed by atoms with van der Waals surface area (Å²) in [7, 11) is 5.30. The van der Waals surface area contributed by atoms with Crippen LogP contribution in [0.4, 0.5) is 5.69 Å². The molecule has 0 atom stereocenters. The highest BCUT2D eigenvalue weighted by atomic mass is 16.7. The third-order valence-electron chi connectivity index (χ3n) is 5.56. The summed E-state index contributed by atoms with van der Waals surface area (Å²) in [6, 6.07) is 17.7. The molecule has 0 radical (unpaired) electrons. The van der Waals surface area contributed by atoms with Crippen LogP contribution in [0.3, 0.4) is 0 Å². The van der Waals surface area contributed by atoms with Crippen molar-refractivity contribution in [1.29, 1.82) is 0 Å². The molecule has 1 amide bonds. The Morgan fingerprint density at radius 2 is 1.75 bits per heavy atom. The van der Waals surface area contributed by atoms with Crippen molar-refractivity contribution in [2.75, 3.05) is 32.8 Å². The SMILES string of the molecule is COC(CN(C)Cn1cc(C=C2C(=O)N(c3ccccc3)N=C2C)c2ccccc21)OC. The van der Waals surface area contributed by atoms with E-state index in [2.05, 4.69) is 32.9 Å². The zero-order valence-corrected chi connectivity index (χ0v) is 18.9. The van der Waals surface area contributed by atoms with Gasteiger partial charge >= 0.3 is 0 Å². The highest BCUT2D eigenvalue weighted by molar-refractivity contribution is 6.32. The molecule has 0 saturated heterocycles. The molecule has 1 aliphatic heterocycles. The molecule has 3 aromatic rings. The van der Waals surface area contributed by atoms with E-state index in [1.807, 2.05) is 62.5 Å². The second-order valence-electron chi connectivity index (χ2n) is 7.85. The Bertz CT molecular complexity index is 1160. The Hall–Kier alpha value is -3.26. The smallest absolute Gasteiger partial charge is 0.280 e. The fraction of sp³-hybridized carbons (Fsp3) is 0.280. The van der Waals surface area contributed by atoms with Gasteiger partial charge in [0.2, 0.25) is 0 Å². The van der Waals surface area contributed by atoms with Gasteiger partial charge in [0.25, 0.3) is 5.91 Å². The summed E-state index contributed by atoms with van der Waals surface area (Å²) < 4.78 is 12.8. The Morgan fingerprint density at radius 1 is 1.06 bits per heavy atom. The lowest BCUT2D eigenvalue weighted by atomic mass is 10.1. The number of amides is 1. The summed E-state index contributed by atoms with van der Waals surface area (Å²) in [5, 5.41) is 7.04. The van der Waals surface area contributed by atoms with Gasteiger partial charge in [-0.1, -0.05) is 36.4 Å². The largest absolute Gasteiger partial charge is 0.355 e. The van der Waals surface area contributed by atoms with E-state index in [1.165, 1.54) is 5.01 Å². The molecular formula is C25H28N4O3. The van der Waals surface area contributed by atoms with Crippen molar-refractivity contribution in [1.82, 2.24) is 9.47 Å². The van der Waals surface area contributed by atoms with Gasteiger partial charge in [-0.05, 0) is 38.2 Å². The summed E-state index contributed by atoms with van der Waals surface area (Å²) >= 11 is 0. The van der Waals surface area contributed by atoms with Crippen molar-refractivity contribution in [3.63, 3.8) is 0 Å². The summed E-state index contributed by atoms with van der Waals surface area (Å²) in [4.78, 5) is 15.3. The molecule has 0 aliphatic carbocycles. The third kappa shape index (κ3) is 4.36. The van der Waals surface area contributed by atoms with Crippen LogP contribution in [0.1, 0.15) is 12.5 Å². The molecule has 0 N–H and O–H groups in total. The summed E-state index contributed by atoms with van der Waals surface area (Å²) in [6.45, 7) is 3.16. The van der Waals surface area contributed by atoms with Crippen molar-refractivity contribution >= 4 is 34.3 Å². The highest BCUT2D eigenvalue weighted by Gasteiger charge is 2.29. The first kappa shape index (κ1) is 22.0. The topological polar surface area (TPSA) is 59.3 Å². The molecule has 2 aromatic carbocycles. The van der Waals surface area contributed by atoms with Crippen LogP contribution >= 0.6 is 0 Å². The molecule has 2 heterocycles.